The molecule has 0 atom stereocenters. The Morgan fingerprint density at radius 3 is 2.81 bits per heavy atom. The molecule has 1 heterocycles. The van der Waals surface area contributed by atoms with Crippen molar-refractivity contribution >= 4 is 17.5 Å². The zero-order chi connectivity index (χ0) is 11.9. The Morgan fingerprint density at radius 1 is 1.50 bits per heavy atom. The topological polar surface area (TPSA) is 66.6 Å². The van der Waals surface area contributed by atoms with E-state index in [1.807, 2.05) is 12.1 Å². The monoisotopic (exact) mass is 220 g/mol. The van der Waals surface area contributed by atoms with E-state index in [1.54, 1.807) is 6.07 Å². The number of amides is 1. The molecule has 4 nitrogen and oxygen atoms in total. The second kappa shape index (κ2) is 3.40. The highest BCUT2D eigenvalue weighted by Gasteiger charge is 2.33. The first kappa shape index (κ1) is 10.8. The average molecular weight is 220 g/mol. The quantitative estimate of drug-likeness (QED) is 0.660. The average Bonchev–Trinajstić information content (AvgIpc) is 2.16. The highest BCUT2D eigenvalue weighted by atomic mass is 16.4. The Bertz CT molecular complexity index is 441. The first-order valence-electron chi connectivity index (χ1n) is 5.32. The van der Waals surface area contributed by atoms with Crippen LogP contribution in [0.2, 0.25) is 0 Å². The van der Waals surface area contributed by atoms with Gasteiger partial charge in [0.1, 0.15) is 0 Å². The van der Waals surface area contributed by atoms with Crippen molar-refractivity contribution in [2.75, 3.05) is 17.2 Å². The van der Waals surface area contributed by atoms with Crippen molar-refractivity contribution in [2.24, 2.45) is 0 Å². The molecule has 0 spiro atoms. The molecule has 0 bridgehead atoms. The van der Waals surface area contributed by atoms with Crippen molar-refractivity contribution in [2.45, 2.75) is 25.7 Å². The molecule has 16 heavy (non-hydrogen) atoms. The van der Waals surface area contributed by atoms with Crippen LogP contribution in [0.15, 0.2) is 18.2 Å². The van der Waals surface area contributed by atoms with E-state index in [1.165, 1.54) is 4.90 Å². The van der Waals surface area contributed by atoms with Gasteiger partial charge in [0.05, 0.1) is 5.69 Å². The van der Waals surface area contributed by atoms with Crippen molar-refractivity contribution in [3.63, 3.8) is 0 Å². The fraction of sp³-hybridized carbons (Fsp3) is 0.417. The fourth-order valence-corrected chi connectivity index (χ4v) is 2.19. The van der Waals surface area contributed by atoms with Gasteiger partial charge in [0.15, 0.2) is 0 Å². The van der Waals surface area contributed by atoms with Crippen LogP contribution in [0.5, 0.6) is 0 Å². The van der Waals surface area contributed by atoms with Gasteiger partial charge in [-0.3, -0.25) is 4.90 Å². The van der Waals surface area contributed by atoms with Crippen molar-refractivity contribution < 1.29 is 9.90 Å². The third kappa shape index (κ3) is 1.60. The Labute approximate surface area is 94.7 Å². The van der Waals surface area contributed by atoms with Crippen molar-refractivity contribution in [1.82, 2.24) is 0 Å². The summed E-state index contributed by atoms with van der Waals surface area (Å²) in [7, 11) is 0. The Hall–Kier alpha value is -1.71. The normalized spacial score (nSPS) is 18.0. The van der Waals surface area contributed by atoms with E-state index in [0.29, 0.717) is 12.2 Å². The minimum Gasteiger partial charge on any atom is -0.465 e. The molecule has 1 aliphatic rings. The maximum atomic E-state index is 11.1. The van der Waals surface area contributed by atoms with E-state index in [0.717, 1.165) is 17.7 Å². The van der Waals surface area contributed by atoms with Gasteiger partial charge in [-0.2, -0.15) is 0 Å². The van der Waals surface area contributed by atoms with Crippen LogP contribution >= 0.6 is 0 Å². The number of benzene rings is 1. The molecule has 0 radical (unpaired) electrons. The number of nitrogens with two attached hydrogens (primary N) is 1. The summed E-state index contributed by atoms with van der Waals surface area (Å²) in [5.41, 5.74) is 8.10. The predicted octanol–water partition coefficient (Wildman–Crippen LogP) is 2.43. The number of carboxylic acid groups (broad SMARTS) is 1. The van der Waals surface area contributed by atoms with Crippen LogP contribution < -0.4 is 10.6 Å². The molecule has 3 N–H and O–H groups in total. The van der Waals surface area contributed by atoms with Gasteiger partial charge in [-0.25, -0.2) is 4.79 Å². The summed E-state index contributed by atoms with van der Waals surface area (Å²) in [5.74, 6) is 0. The van der Waals surface area contributed by atoms with E-state index in [-0.39, 0.29) is 5.41 Å². The molecular weight excluding hydrogens is 204 g/mol. The molecule has 86 valence electrons. The molecular formula is C12H16N2O2. The molecule has 1 aromatic rings. The predicted molar refractivity (Wildman–Crippen MR) is 63.9 cm³/mol. The third-order valence-corrected chi connectivity index (χ3v) is 3.23. The summed E-state index contributed by atoms with van der Waals surface area (Å²) in [6.45, 7) is 4.78. The zero-order valence-corrected chi connectivity index (χ0v) is 9.53. The number of nitrogen functional groups attached to an aromatic ring is 1. The maximum Gasteiger partial charge on any atom is 0.411 e. The first-order chi connectivity index (χ1) is 7.42. The standard InChI is InChI=1S/C12H16N2O2/c1-12(2)5-6-14(11(15)16)10-7-8(13)3-4-9(10)12/h3-4,7H,5-6,13H2,1-2H3,(H,15,16). The lowest BCUT2D eigenvalue weighted by atomic mass is 9.77. The molecule has 0 aliphatic carbocycles. The van der Waals surface area contributed by atoms with Crippen LogP contribution in [-0.2, 0) is 5.41 Å². The lowest BCUT2D eigenvalue weighted by Crippen LogP contribution is -2.40. The lowest BCUT2D eigenvalue weighted by molar-refractivity contribution is 0.200. The minimum absolute atomic E-state index is 0.00891. The van der Waals surface area contributed by atoms with Crippen LogP contribution in [0, 0.1) is 0 Å². The van der Waals surface area contributed by atoms with Gasteiger partial charge < -0.3 is 10.8 Å². The van der Waals surface area contributed by atoms with Crippen LogP contribution in [0.4, 0.5) is 16.2 Å². The Kier molecular flexibility index (Phi) is 2.30. The van der Waals surface area contributed by atoms with Gasteiger partial charge >= 0.3 is 6.09 Å². The van der Waals surface area contributed by atoms with Crippen molar-refractivity contribution in [3.05, 3.63) is 23.8 Å². The largest absolute Gasteiger partial charge is 0.465 e. The molecule has 1 amide bonds. The number of nitrogens with zero attached hydrogens (tertiary/aromatic N) is 1. The summed E-state index contributed by atoms with van der Waals surface area (Å²) >= 11 is 0. The van der Waals surface area contributed by atoms with Gasteiger partial charge in [0, 0.05) is 12.2 Å². The van der Waals surface area contributed by atoms with E-state index in [4.69, 9.17) is 10.8 Å². The van der Waals surface area contributed by atoms with Gasteiger partial charge in [0.2, 0.25) is 0 Å². The number of carbonyl (C=O) groups is 1. The number of rotatable bonds is 0. The first-order valence-corrected chi connectivity index (χ1v) is 5.32. The number of anilines is 2. The smallest absolute Gasteiger partial charge is 0.411 e. The summed E-state index contributed by atoms with van der Waals surface area (Å²) < 4.78 is 0. The summed E-state index contributed by atoms with van der Waals surface area (Å²) in [4.78, 5) is 12.5. The van der Waals surface area contributed by atoms with Crippen LogP contribution in [0.3, 0.4) is 0 Å². The number of fused-ring (bicyclic) bond motifs is 1. The molecule has 1 aliphatic heterocycles. The molecule has 0 aromatic heterocycles. The molecule has 0 saturated carbocycles. The SMILES string of the molecule is CC1(C)CCN(C(=O)O)c2cc(N)ccc21. The van der Waals surface area contributed by atoms with Crippen LogP contribution in [-0.4, -0.2) is 17.7 Å². The van der Waals surface area contributed by atoms with Gasteiger partial charge in [-0.1, -0.05) is 19.9 Å². The maximum absolute atomic E-state index is 11.1. The van der Waals surface area contributed by atoms with Gasteiger partial charge in [-0.15, -0.1) is 0 Å². The number of hydrogen-bond donors (Lipinski definition) is 2. The fourth-order valence-electron chi connectivity index (χ4n) is 2.19. The second-order valence-electron chi connectivity index (χ2n) is 4.84. The molecule has 0 saturated heterocycles. The van der Waals surface area contributed by atoms with Crippen molar-refractivity contribution in [3.8, 4) is 0 Å². The molecule has 4 heteroatoms. The van der Waals surface area contributed by atoms with E-state index >= 15 is 0 Å². The van der Waals surface area contributed by atoms with Gasteiger partial charge in [-0.05, 0) is 29.5 Å². The minimum atomic E-state index is -0.914. The number of hydrogen-bond acceptors (Lipinski definition) is 2. The van der Waals surface area contributed by atoms with Crippen LogP contribution in [0.25, 0.3) is 0 Å². The third-order valence-electron chi connectivity index (χ3n) is 3.23. The van der Waals surface area contributed by atoms with Crippen molar-refractivity contribution in [1.29, 1.82) is 0 Å². The lowest BCUT2D eigenvalue weighted by Gasteiger charge is -2.37. The zero-order valence-electron chi connectivity index (χ0n) is 9.53. The summed E-state index contributed by atoms with van der Waals surface area (Å²) in [5, 5.41) is 9.13. The summed E-state index contributed by atoms with van der Waals surface area (Å²) in [6.07, 6.45) is -0.0849. The van der Waals surface area contributed by atoms with E-state index in [2.05, 4.69) is 13.8 Å². The van der Waals surface area contributed by atoms with E-state index < -0.39 is 6.09 Å². The second-order valence-corrected chi connectivity index (χ2v) is 4.84. The molecule has 1 aromatic carbocycles. The molecule has 0 unspecified atom stereocenters. The van der Waals surface area contributed by atoms with Crippen LogP contribution in [0.1, 0.15) is 25.8 Å². The summed E-state index contributed by atoms with van der Waals surface area (Å²) in [6, 6.07) is 5.50. The molecule has 0 fully saturated rings. The van der Waals surface area contributed by atoms with E-state index in [9.17, 15) is 4.79 Å². The Morgan fingerprint density at radius 2 is 2.19 bits per heavy atom. The highest BCUT2D eigenvalue weighted by Crippen LogP contribution is 2.40. The van der Waals surface area contributed by atoms with Gasteiger partial charge in [0.25, 0.3) is 0 Å². The highest BCUT2D eigenvalue weighted by molar-refractivity contribution is 5.89. The molecule has 2 rings (SSSR count). The Balaban J connectivity index is 2.58.